The molecule has 1 aromatic heterocycles. The lowest BCUT2D eigenvalue weighted by Crippen LogP contribution is -2.48. The zero-order valence-electron chi connectivity index (χ0n) is 14.0. The standard InChI is InChI=1S/C19H23N3O3/c23-11-16-13-6-7-14(8-13)18(16)21-19(24)20-10-15-9-17(25-22-15)12-4-2-1-3-5-12/h1-5,9,13-14,16,18,23H,6-8,10-11H2,(H2,20,21,24). The summed E-state index contributed by atoms with van der Waals surface area (Å²) in [6, 6.07) is 11.4. The maximum atomic E-state index is 12.2. The number of fused-ring (bicyclic) bond motifs is 2. The van der Waals surface area contributed by atoms with Gasteiger partial charge in [0.15, 0.2) is 5.76 Å². The number of rotatable bonds is 5. The Kier molecular flexibility index (Phi) is 4.44. The minimum Gasteiger partial charge on any atom is -0.396 e. The van der Waals surface area contributed by atoms with Crippen molar-refractivity contribution in [3.05, 3.63) is 42.1 Å². The Morgan fingerprint density at radius 2 is 2.04 bits per heavy atom. The normalized spacial score (nSPS) is 27.4. The van der Waals surface area contributed by atoms with Crippen LogP contribution in [0.2, 0.25) is 0 Å². The van der Waals surface area contributed by atoms with Crippen LogP contribution >= 0.6 is 0 Å². The molecule has 2 aliphatic rings. The van der Waals surface area contributed by atoms with Crippen LogP contribution in [0.1, 0.15) is 25.0 Å². The molecule has 6 nitrogen and oxygen atoms in total. The van der Waals surface area contributed by atoms with E-state index in [9.17, 15) is 9.90 Å². The lowest BCUT2D eigenvalue weighted by Gasteiger charge is -2.30. The molecule has 0 saturated heterocycles. The Hall–Kier alpha value is -2.34. The number of aromatic nitrogens is 1. The fourth-order valence-corrected chi connectivity index (χ4v) is 4.40. The molecule has 132 valence electrons. The average Bonchev–Trinajstić information content (AvgIpc) is 3.37. The van der Waals surface area contributed by atoms with E-state index in [1.807, 2.05) is 36.4 Å². The van der Waals surface area contributed by atoms with E-state index in [4.69, 9.17) is 4.52 Å². The van der Waals surface area contributed by atoms with Crippen molar-refractivity contribution in [1.82, 2.24) is 15.8 Å². The third kappa shape index (κ3) is 3.26. The molecule has 2 aromatic rings. The molecule has 2 amide bonds. The lowest BCUT2D eigenvalue weighted by molar-refractivity contribution is 0.144. The van der Waals surface area contributed by atoms with E-state index in [1.54, 1.807) is 0 Å². The van der Waals surface area contributed by atoms with Crippen molar-refractivity contribution in [2.75, 3.05) is 6.61 Å². The van der Waals surface area contributed by atoms with E-state index in [1.165, 1.54) is 6.42 Å². The number of carbonyl (C=O) groups is 1. The summed E-state index contributed by atoms with van der Waals surface area (Å²) >= 11 is 0. The Morgan fingerprint density at radius 1 is 1.24 bits per heavy atom. The monoisotopic (exact) mass is 341 g/mol. The predicted octanol–water partition coefficient (Wildman–Crippen LogP) is 2.55. The second kappa shape index (κ2) is 6.88. The molecule has 2 fully saturated rings. The number of aliphatic hydroxyl groups is 1. The topological polar surface area (TPSA) is 87.4 Å². The summed E-state index contributed by atoms with van der Waals surface area (Å²) in [6.07, 6.45) is 3.45. The van der Waals surface area contributed by atoms with E-state index in [2.05, 4.69) is 15.8 Å². The molecular weight excluding hydrogens is 318 g/mol. The molecule has 25 heavy (non-hydrogen) atoms. The molecule has 1 aromatic carbocycles. The van der Waals surface area contributed by atoms with Gasteiger partial charge < -0.3 is 20.3 Å². The van der Waals surface area contributed by atoms with Crippen molar-refractivity contribution >= 4 is 6.03 Å². The number of hydrogen-bond acceptors (Lipinski definition) is 4. The van der Waals surface area contributed by atoms with Crippen LogP contribution in [0.25, 0.3) is 11.3 Å². The van der Waals surface area contributed by atoms with Gasteiger partial charge in [-0.25, -0.2) is 4.79 Å². The van der Waals surface area contributed by atoms with Gasteiger partial charge in [-0.05, 0) is 31.1 Å². The molecule has 6 heteroatoms. The first-order valence-electron chi connectivity index (χ1n) is 8.91. The highest BCUT2D eigenvalue weighted by atomic mass is 16.5. The molecule has 0 radical (unpaired) electrons. The number of hydrogen-bond donors (Lipinski definition) is 3. The maximum Gasteiger partial charge on any atom is 0.315 e. The minimum atomic E-state index is -0.208. The van der Waals surface area contributed by atoms with Gasteiger partial charge in [0, 0.05) is 30.2 Å². The first-order chi connectivity index (χ1) is 12.2. The van der Waals surface area contributed by atoms with Crippen LogP contribution in [0.5, 0.6) is 0 Å². The van der Waals surface area contributed by atoms with Gasteiger partial charge in [0.2, 0.25) is 0 Å². The van der Waals surface area contributed by atoms with E-state index in [0.29, 0.717) is 29.8 Å². The average molecular weight is 341 g/mol. The van der Waals surface area contributed by atoms with Crippen LogP contribution in [0.15, 0.2) is 40.9 Å². The largest absolute Gasteiger partial charge is 0.396 e. The van der Waals surface area contributed by atoms with Crippen molar-refractivity contribution in [2.45, 2.75) is 31.8 Å². The molecule has 2 saturated carbocycles. The second-order valence-corrected chi connectivity index (χ2v) is 7.08. The smallest absolute Gasteiger partial charge is 0.315 e. The van der Waals surface area contributed by atoms with Gasteiger partial charge in [0.05, 0.1) is 6.54 Å². The van der Waals surface area contributed by atoms with Crippen LogP contribution < -0.4 is 10.6 Å². The quantitative estimate of drug-likeness (QED) is 0.780. The Bertz CT molecular complexity index is 731. The van der Waals surface area contributed by atoms with E-state index in [0.717, 1.165) is 18.4 Å². The fourth-order valence-electron chi connectivity index (χ4n) is 4.40. The fraction of sp³-hybridized carbons (Fsp3) is 0.474. The van der Waals surface area contributed by atoms with Gasteiger partial charge in [-0.2, -0.15) is 0 Å². The molecular formula is C19H23N3O3. The van der Waals surface area contributed by atoms with Crippen molar-refractivity contribution in [3.63, 3.8) is 0 Å². The number of nitrogens with one attached hydrogen (secondary N) is 2. The third-order valence-electron chi connectivity index (χ3n) is 5.64. The van der Waals surface area contributed by atoms with Crippen molar-refractivity contribution in [2.24, 2.45) is 17.8 Å². The van der Waals surface area contributed by atoms with E-state index >= 15 is 0 Å². The minimum absolute atomic E-state index is 0.0842. The molecule has 4 rings (SSSR count). The highest BCUT2D eigenvalue weighted by Crippen LogP contribution is 2.48. The second-order valence-electron chi connectivity index (χ2n) is 7.08. The third-order valence-corrected chi connectivity index (χ3v) is 5.64. The van der Waals surface area contributed by atoms with Gasteiger partial charge >= 0.3 is 6.03 Å². The summed E-state index contributed by atoms with van der Waals surface area (Å²) in [4.78, 5) is 12.2. The molecule has 4 atom stereocenters. The summed E-state index contributed by atoms with van der Waals surface area (Å²) in [5, 5.41) is 19.5. The Balaban J connectivity index is 1.31. The molecule has 2 bridgehead atoms. The number of amides is 2. The SMILES string of the molecule is O=C(NCc1cc(-c2ccccc2)on1)NC1C2CCC(C2)C1CO. The summed E-state index contributed by atoms with van der Waals surface area (Å²) < 4.78 is 5.34. The predicted molar refractivity (Wildman–Crippen MR) is 92.5 cm³/mol. The van der Waals surface area contributed by atoms with Crippen LogP contribution in [0, 0.1) is 17.8 Å². The Labute approximate surface area is 146 Å². The first kappa shape index (κ1) is 16.1. The van der Waals surface area contributed by atoms with Crippen LogP contribution in [0.4, 0.5) is 4.79 Å². The van der Waals surface area contributed by atoms with Crippen LogP contribution in [0.3, 0.4) is 0 Å². The van der Waals surface area contributed by atoms with Crippen molar-refractivity contribution < 1.29 is 14.4 Å². The van der Waals surface area contributed by atoms with Crippen LogP contribution in [-0.2, 0) is 6.54 Å². The molecule has 0 aliphatic heterocycles. The highest BCUT2D eigenvalue weighted by molar-refractivity contribution is 5.74. The number of carbonyl (C=O) groups excluding carboxylic acids is 1. The van der Waals surface area contributed by atoms with Gasteiger partial charge in [0.25, 0.3) is 0 Å². The maximum absolute atomic E-state index is 12.2. The van der Waals surface area contributed by atoms with E-state index < -0.39 is 0 Å². The molecule has 4 unspecified atom stereocenters. The summed E-state index contributed by atoms with van der Waals surface area (Å²) in [5.74, 6) is 1.95. The van der Waals surface area contributed by atoms with Gasteiger partial charge in [0.1, 0.15) is 5.69 Å². The van der Waals surface area contributed by atoms with Crippen molar-refractivity contribution in [3.8, 4) is 11.3 Å². The number of urea groups is 1. The molecule has 0 spiro atoms. The van der Waals surface area contributed by atoms with Gasteiger partial charge in [-0.15, -0.1) is 0 Å². The highest BCUT2D eigenvalue weighted by Gasteiger charge is 2.47. The number of aliphatic hydroxyl groups excluding tert-OH is 1. The summed E-state index contributed by atoms with van der Waals surface area (Å²) in [5.41, 5.74) is 1.64. The summed E-state index contributed by atoms with van der Waals surface area (Å²) in [6.45, 7) is 0.461. The zero-order chi connectivity index (χ0) is 17.2. The Morgan fingerprint density at radius 3 is 2.84 bits per heavy atom. The van der Waals surface area contributed by atoms with Crippen molar-refractivity contribution in [1.29, 1.82) is 0 Å². The van der Waals surface area contributed by atoms with E-state index in [-0.39, 0.29) is 24.6 Å². The van der Waals surface area contributed by atoms with Gasteiger partial charge in [-0.1, -0.05) is 35.5 Å². The number of nitrogens with zero attached hydrogens (tertiary/aromatic N) is 1. The number of benzene rings is 1. The summed E-state index contributed by atoms with van der Waals surface area (Å²) in [7, 11) is 0. The molecule has 1 heterocycles. The zero-order valence-corrected chi connectivity index (χ0v) is 14.0. The lowest BCUT2D eigenvalue weighted by atomic mass is 9.85. The molecule has 2 aliphatic carbocycles. The van der Waals surface area contributed by atoms with Gasteiger partial charge in [-0.3, -0.25) is 0 Å². The molecule has 3 N–H and O–H groups in total. The van der Waals surface area contributed by atoms with Crippen LogP contribution in [-0.4, -0.2) is 28.9 Å². The first-order valence-corrected chi connectivity index (χ1v) is 8.91.